The Morgan fingerprint density at radius 2 is 1.85 bits per heavy atom. The van der Waals surface area contributed by atoms with E-state index in [4.69, 9.17) is 10.5 Å². The number of nitrogens with two attached hydrogens (primary N) is 1. The van der Waals surface area contributed by atoms with Crippen LogP contribution in [0.25, 0.3) is 0 Å². The van der Waals surface area contributed by atoms with Crippen LogP contribution in [0.2, 0.25) is 0 Å². The average Bonchev–Trinajstić information content (AvgIpc) is 2.70. The van der Waals surface area contributed by atoms with Gasteiger partial charge in [-0.25, -0.2) is 4.68 Å². The smallest absolute Gasteiger partial charge is 0.168 e. The van der Waals surface area contributed by atoms with Gasteiger partial charge in [0.15, 0.2) is 5.82 Å². The average molecular weight is 274 g/mol. The van der Waals surface area contributed by atoms with Gasteiger partial charge in [0.1, 0.15) is 12.4 Å². The zero-order valence-electron chi connectivity index (χ0n) is 12.6. The molecule has 0 fully saturated rings. The highest BCUT2D eigenvalue weighted by Gasteiger charge is 2.13. The molecule has 0 saturated heterocycles. The van der Waals surface area contributed by atoms with Crippen LogP contribution < -0.4 is 10.5 Å². The number of nitrogen functional groups attached to an aromatic ring is 1. The first-order chi connectivity index (χ1) is 9.38. The molecule has 0 amide bonds. The number of hydrogen-bond donors (Lipinski definition) is 1. The van der Waals surface area contributed by atoms with Crippen molar-refractivity contribution in [2.45, 2.75) is 39.7 Å². The van der Waals surface area contributed by atoms with E-state index in [1.165, 1.54) is 5.56 Å². The van der Waals surface area contributed by atoms with Crippen molar-refractivity contribution < 1.29 is 4.74 Å². The van der Waals surface area contributed by atoms with Gasteiger partial charge >= 0.3 is 0 Å². The highest BCUT2D eigenvalue weighted by Crippen LogP contribution is 2.24. The molecule has 1 aromatic heterocycles. The zero-order valence-corrected chi connectivity index (χ0v) is 12.6. The first kappa shape index (κ1) is 14.4. The summed E-state index contributed by atoms with van der Waals surface area (Å²) in [7, 11) is 0. The number of benzene rings is 1. The van der Waals surface area contributed by atoms with Gasteiger partial charge in [0.2, 0.25) is 0 Å². The summed E-state index contributed by atoms with van der Waals surface area (Å²) < 4.78 is 7.46. The van der Waals surface area contributed by atoms with Crippen molar-refractivity contribution in [3.8, 4) is 5.75 Å². The van der Waals surface area contributed by atoms with Gasteiger partial charge in [-0.2, -0.15) is 0 Å². The molecule has 1 heterocycles. The van der Waals surface area contributed by atoms with Crippen LogP contribution in [-0.4, -0.2) is 21.6 Å². The van der Waals surface area contributed by atoms with Gasteiger partial charge in [0.05, 0.1) is 12.2 Å². The number of aromatic nitrogens is 3. The summed E-state index contributed by atoms with van der Waals surface area (Å²) >= 11 is 0. The Balaban J connectivity index is 1.90. The maximum Gasteiger partial charge on any atom is 0.168 e. The molecule has 20 heavy (non-hydrogen) atoms. The molecule has 0 aliphatic heterocycles. The molecule has 2 rings (SSSR count). The second-order valence-corrected chi connectivity index (χ2v) is 5.91. The highest BCUT2D eigenvalue weighted by molar-refractivity contribution is 5.32. The highest BCUT2D eigenvalue weighted by atomic mass is 16.5. The van der Waals surface area contributed by atoms with Crippen LogP contribution in [0.4, 0.5) is 5.82 Å². The second-order valence-electron chi connectivity index (χ2n) is 5.91. The van der Waals surface area contributed by atoms with E-state index in [0.717, 1.165) is 11.4 Å². The maximum atomic E-state index is 5.71. The topological polar surface area (TPSA) is 66.0 Å². The Morgan fingerprint density at radius 3 is 2.35 bits per heavy atom. The second kappa shape index (κ2) is 5.53. The molecule has 0 aliphatic rings. The molecule has 5 heteroatoms. The van der Waals surface area contributed by atoms with Crippen LogP contribution in [0.3, 0.4) is 0 Å². The van der Waals surface area contributed by atoms with Crippen LogP contribution in [0.1, 0.15) is 32.0 Å². The van der Waals surface area contributed by atoms with E-state index in [2.05, 4.69) is 43.2 Å². The van der Waals surface area contributed by atoms with Crippen molar-refractivity contribution >= 4 is 5.82 Å². The molecule has 0 spiro atoms. The Morgan fingerprint density at radius 1 is 1.20 bits per heavy atom. The molecule has 0 atom stereocenters. The van der Waals surface area contributed by atoms with E-state index in [1.54, 1.807) is 4.68 Å². The Bertz CT molecular complexity index is 567. The maximum absolute atomic E-state index is 5.71. The first-order valence-corrected chi connectivity index (χ1v) is 6.77. The van der Waals surface area contributed by atoms with Crippen LogP contribution in [-0.2, 0) is 12.0 Å². The molecule has 0 bridgehead atoms. The number of hydrogen-bond acceptors (Lipinski definition) is 4. The van der Waals surface area contributed by atoms with E-state index in [0.29, 0.717) is 19.0 Å². The van der Waals surface area contributed by atoms with Crippen molar-refractivity contribution in [2.75, 3.05) is 12.3 Å². The molecule has 5 nitrogen and oxygen atoms in total. The normalized spacial score (nSPS) is 11.6. The number of rotatable bonds is 4. The Labute approximate surface area is 119 Å². The van der Waals surface area contributed by atoms with Gasteiger partial charge in [-0.1, -0.05) is 38.1 Å². The van der Waals surface area contributed by atoms with Crippen molar-refractivity contribution in [3.63, 3.8) is 0 Å². The van der Waals surface area contributed by atoms with Crippen LogP contribution in [0.5, 0.6) is 5.75 Å². The lowest BCUT2D eigenvalue weighted by atomic mass is 9.87. The van der Waals surface area contributed by atoms with Gasteiger partial charge < -0.3 is 10.5 Å². The molecule has 0 saturated carbocycles. The van der Waals surface area contributed by atoms with Gasteiger partial charge in [-0.3, -0.25) is 0 Å². The van der Waals surface area contributed by atoms with Gasteiger partial charge in [-0.15, -0.1) is 5.10 Å². The molecule has 2 N–H and O–H groups in total. The minimum Gasteiger partial charge on any atom is -0.492 e. The van der Waals surface area contributed by atoms with E-state index >= 15 is 0 Å². The predicted octanol–water partition coefficient (Wildman–Crippen LogP) is 2.55. The molecule has 2 aromatic rings. The van der Waals surface area contributed by atoms with Crippen molar-refractivity contribution in [1.29, 1.82) is 0 Å². The molecule has 108 valence electrons. The quantitative estimate of drug-likeness (QED) is 0.930. The largest absolute Gasteiger partial charge is 0.492 e. The molecule has 0 unspecified atom stereocenters. The fraction of sp³-hybridized carbons (Fsp3) is 0.467. The van der Waals surface area contributed by atoms with Crippen LogP contribution in [0, 0.1) is 6.92 Å². The van der Waals surface area contributed by atoms with Gasteiger partial charge in [0, 0.05) is 0 Å². The monoisotopic (exact) mass is 274 g/mol. The zero-order chi connectivity index (χ0) is 14.8. The summed E-state index contributed by atoms with van der Waals surface area (Å²) in [4.78, 5) is 0. The van der Waals surface area contributed by atoms with Gasteiger partial charge in [-0.05, 0) is 30.0 Å². The summed E-state index contributed by atoms with van der Waals surface area (Å²) in [6.07, 6.45) is 0. The summed E-state index contributed by atoms with van der Waals surface area (Å²) in [5.74, 6) is 1.34. The molecule has 0 aliphatic carbocycles. The lowest BCUT2D eigenvalue weighted by molar-refractivity contribution is 0.288. The minimum absolute atomic E-state index is 0.161. The van der Waals surface area contributed by atoms with E-state index in [9.17, 15) is 0 Å². The summed E-state index contributed by atoms with van der Waals surface area (Å²) in [5.41, 5.74) is 7.97. The fourth-order valence-electron chi connectivity index (χ4n) is 1.89. The fourth-order valence-corrected chi connectivity index (χ4v) is 1.89. The third-order valence-corrected chi connectivity index (χ3v) is 3.31. The minimum atomic E-state index is 0.161. The molecule has 1 aromatic carbocycles. The Kier molecular flexibility index (Phi) is 3.97. The van der Waals surface area contributed by atoms with Crippen molar-refractivity contribution in [2.24, 2.45) is 0 Å². The van der Waals surface area contributed by atoms with E-state index in [1.807, 2.05) is 19.1 Å². The third-order valence-electron chi connectivity index (χ3n) is 3.31. The summed E-state index contributed by atoms with van der Waals surface area (Å²) in [5, 5.41) is 7.77. The lowest BCUT2D eigenvalue weighted by Gasteiger charge is -2.19. The number of nitrogens with zero attached hydrogens (tertiary/aromatic N) is 3. The molecule has 0 radical (unpaired) electrons. The number of anilines is 1. The summed E-state index contributed by atoms with van der Waals surface area (Å²) in [6.45, 7) is 9.66. The lowest BCUT2D eigenvalue weighted by Crippen LogP contribution is -2.12. The van der Waals surface area contributed by atoms with Gasteiger partial charge in [0.25, 0.3) is 0 Å². The number of ether oxygens (including phenoxy) is 1. The van der Waals surface area contributed by atoms with Crippen LogP contribution in [0.15, 0.2) is 24.3 Å². The van der Waals surface area contributed by atoms with E-state index < -0.39 is 0 Å². The first-order valence-electron chi connectivity index (χ1n) is 6.77. The van der Waals surface area contributed by atoms with Crippen molar-refractivity contribution in [3.05, 3.63) is 35.5 Å². The predicted molar refractivity (Wildman–Crippen MR) is 79.8 cm³/mol. The summed E-state index contributed by atoms with van der Waals surface area (Å²) in [6, 6.07) is 8.22. The standard InChI is InChI=1S/C15H22N4O/c1-11-14(16)17-18-19(11)9-10-20-13-7-5-12(6-8-13)15(2,3)4/h5-8H,9-10,16H2,1-4H3. The van der Waals surface area contributed by atoms with E-state index in [-0.39, 0.29) is 5.41 Å². The van der Waals surface area contributed by atoms with Crippen molar-refractivity contribution in [1.82, 2.24) is 15.0 Å². The molecular formula is C15H22N4O. The SMILES string of the molecule is Cc1c(N)nnn1CCOc1ccc(C(C)(C)C)cc1. The molecular weight excluding hydrogens is 252 g/mol. The van der Waals surface area contributed by atoms with Crippen LogP contribution >= 0.6 is 0 Å². The Hall–Kier alpha value is -2.04. The third kappa shape index (κ3) is 3.29.